The van der Waals surface area contributed by atoms with E-state index in [1.54, 1.807) is 0 Å². The minimum absolute atomic E-state index is 1.19. The smallest absolute Gasteiger partial charge is 0.0276 e. The standard InChI is InChI=1S/C16H24/c1-13(2)9-6-5-7-11-16-12-8-10-14(3)15(16)4/h8,10,12H,1,5-7,9,11H2,2-4H3. The minimum atomic E-state index is 1.19. The maximum absolute atomic E-state index is 3.94. The van der Waals surface area contributed by atoms with Crippen molar-refractivity contribution in [2.45, 2.75) is 52.9 Å². The van der Waals surface area contributed by atoms with Gasteiger partial charge in [0.2, 0.25) is 0 Å². The van der Waals surface area contributed by atoms with Crippen LogP contribution in [0.2, 0.25) is 0 Å². The second kappa shape index (κ2) is 6.52. The molecule has 0 atom stereocenters. The van der Waals surface area contributed by atoms with Crippen molar-refractivity contribution in [1.29, 1.82) is 0 Å². The van der Waals surface area contributed by atoms with Crippen LogP contribution in [-0.4, -0.2) is 0 Å². The maximum Gasteiger partial charge on any atom is -0.0276 e. The van der Waals surface area contributed by atoms with Gasteiger partial charge in [0.05, 0.1) is 0 Å². The Labute approximate surface area is 100 Å². The van der Waals surface area contributed by atoms with Gasteiger partial charge in [-0.05, 0) is 63.1 Å². The van der Waals surface area contributed by atoms with Crippen LogP contribution in [0, 0.1) is 13.8 Å². The third-order valence-electron chi connectivity index (χ3n) is 3.27. The molecule has 0 heterocycles. The van der Waals surface area contributed by atoms with Crippen LogP contribution in [0.4, 0.5) is 0 Å². The van der Waals surface area contributed by atoms with Gasteiger partial charge in [0.15, 0.2) is 0 Å². The fourth-order valence-corrected chi connectivity index (χ4v) is 2.00. The topological polar surface area (TPSA) is 0 Å². The van der Waals surface area contributed by atoms with Crippen molar-refractivity contribution in [3.63, 3.8) is 0 Å². The number of hydrogen-bond donors (Lipinski definition) is 0. The van der Waals surface area contributed by atoms with Crippen molar-refractivity contribution in [3.8, 4) is 0 Å². The number of rotatable bonds is 6. The summed E-state index contributed by atoms with van der Waals surface area (Å²) in [5.41, 5.74) is 5.73. The molecule has 0 unspecified atom stereocenters. The zero-order valence-corrected chi connectivity index (χ0v) is 11.0. The highest BCUT2D eigenvalue weighted by Gasteiger charge is 2.00. The van der Waals surface area contributed by atoms with Gasteiger partial charge in [-0.1, -0.05) is 30.2 Å². The van der Waals surface area contributed by atoms with Crippen LogP contribution in [0.3, 0.4) is 0 Å². The first-order valence-electron chi connectivity index (χ1n) is 6.30. The van der Waals surface area contributed by atoms with E-state index in [0.717, 1.165) is 0 Å². The van der Waals surface area contributed by atoms with Gasteiger partial charge in [-0.25, -0.2) is 0 Å². The lowest BCUT2D eigenvalue weighted by molar-refractivity contribution is 0.675. The van der Waals surface area contributed by atoms with E-state index in [4.69, 9.17) is 0 Å². The highest BCUT2D eigenvalue weighted by atomic mass is 14.1. The molecule has 0 N–H and O–H groups in total. The van der Waals surface area contributed by atoms with Gasteiger partial charge in [0, 0.05) is 0 Å². The van der Waals surface area contributed by atoms with Crippen LogP contribution in [0.5, 0.6) is 0 Å². The predicted octanol–water partition coefficient (Wildman–Crippen LogP) is 4.98. The Morgan fingerprint density at radius 2 is 1.88 bits per heavy atom. The highest BCUT2D eigenvalue weighted by molar-refractivity contribution is 5.33. The summed E-state index contributed by atoms with van der Waals surface area (Å²) in [6.07, 6.45) is 6.33. The van der Waals surface area contributed by atoms with Gasteiger partial charge >= 0.3 is 0 Å². The third-order valence-corrected chi connectivity index (χ3v) is 3.27. The van der Waals surface area contributed by atoms with E-state index in [0.29, 0.717) is 0 Å². The van der Waals surface area contributed by atoms with Crippen molar-refractivity contribution in [2.24, 2.45) is 0 Å². The van der Waals surface area contributed by atoms with Crippen LogP contribution >= 0.6 is 0 Å². The average molecular weight is 216 g/mol. The van der Waals surface area contributed by atoms with Gasteiger partial charge in [-0.3, -0.25) is 0 Å². The summed E-state index contributed by atoms with van der Waals surface area (Å²) in [4.78, 5) is 0. The van der Waals surface area contributed by atoms with Gasteiger partial charge in [0.1, 0.15) is 0 Å². The zero-order chi connectivity index (χ0) is 12.0. The summed E-state index contributed by atoms with van der Waals surface area (Å²) in [6.45, 7) is 10.5. The van der Waals surface area contributed by atoms with E-state index in [1.807, 2.05) is 0 Å². The van der Waals surface area contributed by atoms with Crippen molar-refractivity contribution in [1.82, 2.24) is 0 Å². The number of unbranched alkanes of at least 4 members (excludes halogenated alkanes) is 2. The average Bonchev–Trinajstić information content (AvgIpc) is 2.23. The van der Waals surface area contributed by atoms with Crippen LogP contribution in [0.15, 0.2) is 30.4 Å². The number of aryl methyl sites for hydroxylation is 2. The number of allylic oxidation sites excluding steroid dienone is 1. The van der Waals surface area contributed by atoms with E-state index < -0.39 is 0 Å². The lowest BCUT2D eigenvalue weighted by Gasteiger charge is -2.08. The molecule has 0 aliphatic heterocycles. The first kappa shape index (κ1) is 13.0. The maximum atomic E-state index is 3.94. The molecule has 0 aromatic heterocycles. The van der Waals surface area contributed by atoms with Gasteiger partial charge in [-0.2, -0.15) is 0 Å². The summed E-state index contributed by atoms with van der Waals surface area (Å²) in [6, 6.07) is 6.63. The summed E-state index contributed by atoms with van der Waals surface area (Å²) >= 11 is 0. The van der Waals surface area contributed by atoms with E-state index in [1.165, 1.54) is 54.4 Å². The van der Waals surface area contributed by atoms with Gasteiger partial charge < -0.3 is 0 Å². The van der Waals surface area contributed by atoms with Crippen molar-refractivity contribution in [2.75, 3.05) is 0 Å². The molecule has 0 bridgehead atoms. The van der Waals surface area contributed by atoms with E-state index in [2.05, 4.69) is 45.5 Å². The molecule has 0 saturated carbocycles. The molecule has 0 radical (unpaired) electrons. The van der Waals surface area contributed by atoms with Crippen molar-refractivity contribution in [3.05, 3.63) is 47.0 Å². The van der Waals surface area contributed by atoms with Crippen LogP contribution in [-0.2, 0) is 6.42 Å². The summed E-state index contributed by atoms with van der Waals surface area (Å²) < 4.78 is 0. The summed E-state index contributed by atoms with van der Waals surface area (Å²) in [5.74, 6) is 0. The molecule has 0 saturated heterocycles. The summed E-state index contributed by atoms with van der Waals surface area (Å²) in [7, 11) is 0. The highest BCUT2D eigenvalue weighted by Crippen LogP contribution is 2.16. The monoisotopic (exact) mass is 216 g/mol. The molecule has 0 heteroatoms. The lowest BCUT2D eigenvalue weighted by Crippen LogP contribution is -1.92. The fourth-order valence-electron chi connectivity index (χ4n) is 2.00. The predicted molar refractivity (Wildman–Crippen MR) is 72.9 cm³/mol. The quantitative estimate of drug-likeness (QED) is 0.464. The molecule has 88 valence electrons. The van der Waals surface area contributed by atoms with E-state index in [9.17, 15) is 0 Å². The molecule has 0 amide bonds. The Balaban J connectivity index is 2.32. The Morgan fingerprint density at radius 3 is 2.56 bits per heavy atom. The molecule has 0 nitrogen and oxygen atoms in total. The molecule has 0 spiro atoms. The molecule has 1 rings (SSSR count). The van der Waals surface area contributed by atoms with Crippen molar-refractivity contribution < 1.29 is 0 Å². The van der Waals surface area contributed by atoms with Crippen LogP contribution < -0.4 is 0 Å². The fraction of sp³-hybridized carbons (Fsp3) is 0.500. The van der Waals surface area contributed by atoms with Crippen molar-refractivity contribution >= 4 is 0 Å². The molecular formula is C16H24. The Morgan fingerprint density at radius 1 is 1.12 bits per heavy atom. The molecule has 16 heavy (non-hydrogen) atoms. The van der Waals surface area contributed by atoms with E-state index in [-0.39, 0.29) is 0 Å². The van der Waals surface area contributed by atoms with E-state index >= 15 is 0 Å². The third kappa shape index (κ3) is 4.22. The Bertz CT molecular complexity index is 347. The molecule has 1 aromatic rings. The second-order valence-corrected chi connectivity index (χ2v) is 4.88. The SMILES string of the molecule is C=C(C)CCCCCc1cccc(C)c1C. The van der Waals surface area contributed by atoms with Crippen LogP contribution in [0.1, 0.15) is 49.3 Å². The molecule has 0 aliphatic rings. The Hall–Kier alpha value is -1.04. The number of benzene rings is 1. The minimum Gasteiger partial charge on any atom is -0.100 e. The zero-order valence-electron chi connectivity index (χ0n) is 11.0. The summed E-state index contributed by atoms with van der Waals surface area (Å²) in [5, 5.41) is 0. The first-order valence-corrected chi connectivity index (χ1v) is 6.30. The number of hydrogen-bond acceptors (Lipinski definition) is 0. The largest absolute Gasteiger partial charge is 0.100 e. The molecular weight excluding hydrogens is 192 g/mol. The molecule has 1 aromatic carbocycles. The van der Waals surface area contributed by atoms with Crippen LogP contribution in [0.25, 0.3) is 0 Å². The second-order valence-electron chi connectivity index (χ2n) is 4.88. The molecule has 0 fully saturated rings. The first-order chi connectivity index (χ1) is 7.61. The Kier molecular flexibility index (Phi) is 5.31. The lowest BCUT2D eigenvalue weighted by atomic mass is 9.98. The molecule has 0 aliphatic carbocycles. The van der Waals surface area contributed by atoms with Gasteiger partial charge in [0.25, 0.3) is 0 Å². The van der Waals surface area contributed by atoms with Gasteiger partial charge in [-0.15, -0.1) is 6.58 Å². The normalized spacial score (nSPS) is 10.4.